The van der Waals surface area contributed by atoms with Crippen LogP contribution in [-0.4, -0.2) is 36.7 Å². The monoisotopic (exact) mass is 322 g/mol. The van der Waals surface area contributed by atoms with Gasteiger partial charge in [-0.1, -0.05) is 30.3 Å². The lowest BCUT2D eigenvalue weighted by Crippen LogP contribution is -2.52. The molecule has 0 amide bonds. The second-order valence-corrected chi connectivity index (χ2v) is 4.85. The van der Waals surface area contributed by atoms with Crippen LogP contribution in [0.3, 0.4) is 0 Å². The molecule has 0 aliphatic carbocycles. The SMILES string of the molecule is CCOC(=O)C(CCc1ccccc1)(OC(C)=O)C(=O)OCC. The van der Waals surface area contributed by atoms with Gasteiger partial charge < -0.3 is 14.2 Å². The third-order valence-electron chi connectivity index (χ3n) is 3.14. The maximum atomic E-state index is 12.3. The quantitative estimate of drug-likeness (QED) is 0.414. The zero-order valence-corrected chi connectivity index (χ0v) is 13.7. The van der Waals surface area contributed by atoms with Gasteiger partial charge in [-0.2, -0.15) is 0 Å². The Labute approximate surface area is 135 Å². The van der Waals surface area contributed by atoms with Crippen molar-refractivity contribution in [2.45, 2.75) is 39.2 Å². The van der Waals surface area contributed by atoms with Gasteiger partial charge in [0.05, 0.1) is 13.2 Å². The van der Waals surface area contributed by atoms with Gasteiger partial charge in [0, 0.05) is 13.3 Å². The molecule has 23 heavy (non-hydrogen) atoms. The number of esters is 3. The van der Waals surface area contributed by atoms with Crippen molar-refractivity contribution in [2.24, 2.45) is 0 Å². The van der Waals surface area contributed by atoms with E-state index in [0.717, 1.165) is 12.5 Å². The molecule has 0 aliphatic rings. The van der Waals surface area contributed by atoms with E-state index in [0.29, 0.717) is 6.42 Å². The van der Waals surface area contributed by atoms with Crippen molar-refractivity contribution in [3.63, 3.8) is 0 Å². The molecule has 0 saturated carbocycles. The summed E-state index contributed by atoms with van der Waals surface area (Å²) in [5.41, 5.74) is -1.18. The first-order chi connectivity index (χ1) is 11.0. The molecule has 0 spiro atoms. The minimum atomic E-state index is -2.08. The summed E-state index contributed by atoms with van der Waals surface area (Å²) in [6.07, 6.45) is 0.306. The Kier molecular flexibility index (Phi) is 7.25. The fourth-order valence-corrected chi connectivity index (χ4v) is 2.13. The predicted molar refractivity (Wildman–Crippen MR) is 82.5 cm³/mol. The van der Waals surface area contributed by atoms with Crippen molar-refractivity contribution in [1.29, 1.82) is 0 Å². The van der Waals surface area contributed by atoms with E-state index in [1.165, 1.54) is 0 Å². The molecule has 0 N–H and O–H groups in total. The van der Waals surface area contributed by atoms with Crippen LogP contribution < -0.4 is 0 Å². The Morgan fingerprint density at radius 3 is 1.91 bits per heavy atom. The summed E-state index contributed by atoms with van der Waals surface area (Å²) in [7, 11) is 0. The molecule has 0 unspecified atom stereocenters. The molecule has 0 aromatic heterocycles. The summed E-state index contributed by atoms with van der Waals surface area (Å²) >= 11 is 0. The standard InChI is InChI=1S/C17H22O6/c1-4-21-15(19)17(23-13(3)18,16(20)22-5-2)12-11-14-9-7-6-8-10-14/h6-10H,4-5,11-12H2,1-3H3. The second-order valence-electron chi connectivity index (χ2n) is 4.85. The second kappa shape index (κ2) is 8.92. The minimum absolute atomic E-state index is 0.0474. The van der Waals surface area contributed by atoms with Crippen molar-refractivity contribution in [2.75, 3.05) is 13.2 Å². The number of hydrogen-bond acceptors (Lipinski definition) is 6. The number of carbonyl (C=O) groups excluding carboxylic acids is 3. The lowest BCUT2D eigenvalue weighted by atomic mass is 9.94. The first-order valence-corrected chi connectivity index (χ1v) is 7.54. The molecule has 0 aliphatic heterocycles. The van der Waals surface area contributed by atoms with Gasteiger partial charge in [0.15, 0.2) is 0 Å². The van der Waals surface area contributed by atoms with Crippen LogP contribution in [0.2, 0.25) is 0 Å². The minimum Gasteiger partial charge on any atom is -0.463 e. The molecule has 0 radical (unpaired) electrons. The Bertz CT molecular complexity index is 519. The zero-order chi connectivity index (χ0) is 17.3. The van der Waals surface area contributed by atoms with E-state index >= 15 is 0 Å². The summed E-state index contributed by atoms with van der Waals surface area (Å²) in [5, 5.41) is 0. The summed E-state index contributed by atoms with van der Waals surface area (Å²) in [6.45, 7) is 4.48. The van der Waals surface area contributed by atoms with E-state index in [1.54, 1.807) is 13.8 Å². The predicted octanol–water partition coefficient (Wildman–Crippen LogP) is 2.05. The average Bonchev–Trinajstić information content (AvgIpc) is 2.52. The molecule has 6 heteroatoms. The van der Waals surface area contributed by atoms with E-state index in [4.69, 9.17) is 14.2 Å². The first-order valence-electron chi connectivity index (χ1n) is 7.54. The molecule has 0 bridgehead atoms. The van der Waals surface area contributed by atoms with Crippen LogP contribution in [-0.2, 0) is 35.0 Å². The van der Waals surface area contributed by atoms with E-state index in [-0.39, 0.29) is 19.6 Å². The van der Waals surface area contributed by atoms with E-state index < -0.39 is 23.5 Å². The molecule has 0 saturated heterocycles. The van der Waals surface area contributed by atoms with Gasteiger partial charge in [-0.3, -0.25) is 4.79 Å². The smallest absolute Gasteiger partial charge is 0.362 e. The van der Waals surface area contributed by atoms with Gasteiger partial charge in [-0.15, -0.1) is 0 Å². The Balaban J connectivity index is 3.10. The fraction of sp³-hybridized carbons (Fsp3) is 0.471. The number of ether oxygens (including phenoxy) is 3. The highest BCUT2D eigenvalue weighted by molar-refractivity contribution is 6.05. The molecule has 0 fully saturated rings. The normalized spacial score (nSPS) is 10.7. The van der Waals surface area contributed by atoms with Gasteiger partial charge in [0.25, 0.3) is 0 Å². The van der Waals surface area contributed by atoms with Crippen molar-refractivity contribution < 1.29 is 28.6 Å². The molecule has 6 nitrogen and oxygen atoms in total. The summed E-state index contributed by atoms with van der Waals surface area (Å²) in [6, 6.07) is 9.26. The van der Waals surface area contributed by atoms with Crippen LogP contribution in [0.25, 0.3) is 0 Å². The van der Waals surface area contributed by atoms with Gasteiger partial charge in [-0.05, 0) is 25.8 Å². The van der Waals surface area contributed by atoms with Crippen molar-refractivity contribution >= 4 is 17.9 Å². The molecule has 1 aromatic carbocycles. The first kappa shape index (κ1) is 18.7. The Hall–Kier alpha value is -2.37. The highest BCUT2D eigenvalue weighted by Gasteiger charge is 2.52. The van der Waals surface area contributed by atoms with Crippen LogP contribution in [0.15, 0.2) is 30.3 Å². The lowest BCUT2D eigenvalue weighted by molar-refractivity contribution is -0.196. The molecule has 126 valence electrons. The highest BCUT2D eigenvalue weighted by atomic mass is 16.6. The fourth-order valence-electron chi connectivity index (χ4n) is 2.13. The summed E-state index contributed by atoms with van der Waals surface area (Å²) in [4.78, 5) is 36.1. The van der Waals surface area contributed by atoms with Gasteiger partial charge in [0.1, 0.15) is 0 Å². The van der Waals surface area contributed by atoms with Crippen LogP contribution in [0.4, 0.5) is 0 Å². The molecule has 0 atom stereocenters. The summed E-state index contributed by atoms with van der Waals surface area (Å²) < 4.78 is 15.0. The van der Waals surface area contributed by atoms with Crippen LogP contribution in [0, 0.1) is 0 Å². The third kappa shape index (κ3) is 5.09. The number of rotatable bonds is 8. The van der Waals surface area contributed by atoms with Crippen LogP contribution in [0.1, 0.15) is 32.8 Å². The maximum absolute atomic E-state index is 12.3. The topological polar surface area (TPSA) is 78.9 Å². The van der Waals surface area contributed by atoms with Gasteiger partial charge in [0.2, 0.25) is 0 Å². The Morgan fingerprint density at radius 1 is 0.957 bits per heavy atom. The van der Waals surface area contributed by atoms with E-state index in [1.807, 2.05) is 30.3 Å². The zero-order valence-electron chi connectivity index (χ0n) is 13.7. The van der Waals surface area contributed by atoms with Crippen LogP contribution >= 0.6 is 0 Å². The Morgan fingerprint density at radius 2 is 1.48 bits per heavy atom. The number of aryl methyl sites for hydroxylation is 1. The molecule has 0 heterocycles. The largest absolute Gasteiger partial charge is 0.463 e. The average molecular weight is 322 g/mol. The maximum Gasteiger partial charge on any atom is 0.362 e. The van der Waals surface area contributed by atoms with Crippen molar-refractivity contribution in [3.8, 4) is 0 Å². The molecule has 1 aromatic rings. The van der Waals surface area contributed by atoms with Crippen molar-refractivity contribution in [1.82, 2.24) is 0 Å². The summed E-state index contributed by atoms with van der Waals surface area (Å²) in [5.74, 6) is -2.58. The van der Waals surface area contributed by atoms with Crippen LogP contribution in [0.5, 0.6) is 0 Å². The number of carbonyl (C=O) groups is 3. The van der Waals surface area contributed by atoms with E-state index in [2.05, 4.69) is 0 Å². The van der Waals surface area contributed by atoms with Gasteiger partial charge in [-0.25, -0.2) is 9.59 Å². The van der Waals surface area contributed by atoms with Gasteiger partial charge >= 0.3 is 23.5 Å². The third-order valence-corrected chi connectivity index (χ3v) is 3.14. The highest BCUT2D eigenvalue weighted by Crippen LogP contribution is 2.24. The van der Waals surface area contributed by atoms with E-state index in [9.17, 15) is 14.4 Å². The lowest BCUT2D eigenvalue weighted by Gasteiger charge is -2.28. The van der Waals surface area contributed by atoms with Crippen molar-refractivity contribution in [3.05, 3.63) is 35.9 Å². The molecular formula is C17H22O6. The number of hydrogen-bond donors (Lipinski definition) is 0. The molecule has 1 rings (SSSR count). The number of benzene rings is 1. The molecular weight excluding hydrogens is 300 g/mol.